The normalized spacial score (nSPS) is 45.2. The summed E-state index contributed by atoms with van der Waals surface area (Å²) < 4.78 is 6.98. The van der Waals surface area contributed by atoms with Crippen LogP contribution in [0.15, 0.2) is 12.1 Å². The number of aromatic hydroxyl groups is 1. The van der Waals surface area contributed by atoms with Crippen LogP contribution in [0, 0.1) is 5.92 Å². The summed E-state index contributed by atoms with van der Waals surface area (Å²) >= 11 is 0. The van der Waals surface area contributed by atoms with Gasteiger partial charge in [0.25, 0.3) is 0 Å². The van der Waals surface area contributed by atoms with Crippen molar-refractivity contribution < 1.29 is 24.2 Å². The molecule has 0 aromatic heterocycles. The van der Waals surface area contributed by atoms with E-state index < -0.39 is 17.1 Å². The Bertz CT molecular complexity index is 849. The number of hydrogen-bond donors (Lipinski definition) is 2. The molecule has 1 aromatic rings. The summed E-state index contributed by atoms with van der Waals surface area (Å²) in [5.41, 5.74) is 0.492. The molecule has 0 radical (unpaired) electrons. The highest BCUT2D eigenvalue weighted by atomic mass is 16.5. The lowest BCUT2D eigenvalue weighted by Crippen LogP contribution is -2.80. The first-order valence-electron chi connectivity index (χ1n) is 10.0. The molecule has 26 heavy (non-hydrogen) atoms. The van der Waals surface area contributed by atoms with Crippen LogP contribution in [0.2, 0.25) is 0 Å². The number of carbonyl (C=O) groups excluding carboxylic acids is 1. The summed E-state index contributed by atoms with van der Waals surface area (Å²) in [5.74, 6) is 1.42. The summed E-state index contributed by atoms with van der Waals surface area (Å²) in [4.78, 5) is 12.8. The van der Waals surface area contributed by atoms with Crippen molar-refractivity contribution >= 4 is 5.78 Å². The number of nitrogens with zero attached hydrogens (tertiary/aromatic N) is 1. The van der Waals surface area contributed by atoms with Crippen LogP contribution in [0.3, 0.4) is 0 Å². The van der Waals surface area contributed by atoms with Crippen LogP contribution in [0.5, 0.6) is 11.5 Å². The van der Waals surface area contributed by atoms with E-state index in [1.165, 1.54) is 12.8 Å². The lowest BCUT2D eigenvalue weighted by Gasteiger charge is -2.64. The molecule has 5 heteroatoms. The Morgan fingerprint density at radius 3 is 2.88 bits per heavy atom. The van der Waals surface area contributed by atoms with Crippen molar-refractivity contribution in [2.24, 2.45) is 5.92 Å². The van der Waals surface area contributed by atoms with Gasteiger partial charge in [0.2, 0.25) is 0 Å². The van der Waals surface area contributed by atoms with Gasteiger partial charge in [-0.15, -0.1) is 0 Å². The van der Waals surface area contributed by atoms with E-state index in [4.69, 9.17) is 4.74 Å². The molecule has 2 bridgehead atoms. The number of rotatable bonds is 2. The van der Waals surface area contributed by atoms with Crippen LogP contribution >= 0.6 is 0 Å². The van der Waals surface area contributed by atoms with Gasteiger partial charge in [0.05, 0.1) is 25.6 Å². The first-order chi connectivity index (χ1) is 12.4. The van der Waals surface area contributed by atoms with Gasteiger partial charge in [-0.2, -0.15) is 0 Å². The van der Waals surface area contributed by atoms with Gasteiger partial charge in [-0.25, -0.2) is 0 Å². The van der Waals surface area contributed by atoms with E-state index in [-0.39, 0.29) is 17.6 Å². The molecule has 3 fully saturated rings. The van der Waals surface area contributed by atoms with E-state index >= 15 is 0 Å². The van der Waals surface area contributed by atoms with E-state index in [0.29, 0.717) is 18.6 Å². The highest BCUT2D eigenvalue weighted by Crippen LogP contribution is 2.65. The number of benzene rings is 1. The van der Waals surface area contributed by atoms with Crippen molar-refractivity contribution in [1.82, 2.24) is 0 Å². The number of likely N-dealkylation sites (tertiary alicyclic amines) is 1. The number of likely N-dealkylation sites (N-methyl/N-ethyl adjacent to an activating group) is 1. The number of phenolic OH excluding ortho intramolecular Hbond substituents is 1. The van der Waals surface area contributed by atoms with Gasteiger partial charge in [-0.05, 0) is 30.9 Å². The second-order valence-electron chi connectivity index (χ2n) is 9.61. The highest BCUT2D eigenvalue weighted by Gasteiger charge is 2.76. The summed E-state index contributed by atoms with van der Waals surface area (Å²) in [6.45, 7) is 2.09. The first-order valence-corrected chi connectivity index (χ1v) is 10.0. The zero-order chi connectivity index (χ0) is 17.9. The Kier molecular flexibility index (Phi) is 2.65. The van der Waals surface area contributed by atoms with Gasteiger partial charge in [-0.1, -0.05) is 6.07 Å². The number of phenols is 1. The molecule has 2 aliphatic heterocycles. The lowest BCUT2D eigenvalue weighted by molar-refractivity contribution is -0.950. The molecule has 4 unspecified atom stereocenters. The summed E-state index contributed by atoms with van der Waals surface area (Å²) in [6.07, 6.45) is 4.42. The van der Waals surface area contributed by atoms with E-state index in [1.54, 1.807) is 6.07 Å². The molecule has 0 amide bonds. The summed E-state index contributed by atoms with van der Waals surface area (Å²) in [6, 6.07) is 3.77. The van der Waals surface area contributed by atoms with Crippen LogP contribution in [0.25, 0.3) is 0 Å². The number of quaternary nitrogens is 1. The first kappa shape index (κ1) is 15.5. The van der Waals surface area contributed by atoms with Gasteiger partial charge in [0.15, 0.2) is 23.4 Å². The maximum Gasteiger partial charge on any atom is 0.174 e. The fourth-order valence-electron chi connectivity index (χ4n) is 6.94. The van der Waals surface area contributed by atoms with E-state index in [1.807, 2.05) is 6.07 Å². The van der Waals surface area contributed by atoms with Crippen LogP contribution in [0.1, 0.15) is 43.2 Å². The molecule has 1 spiro atoms. The van der Waals surface area contributed by atoms with Gasteiger partial charge in [0, 0.05) is 30.7 Å². The predicted molar refractivity (Wildman–Crippen MR) is 94.1 cm³/mol. The van der Waals surface area contributed by atoms with Gasteiger partial charge in [-0.3, -0.25) is 4.79 Å². The van der Waals surface area contributed by atoms with Crippen molar-refractivity contribution in [3.63, 3.8) is 0 Å². The molecule has 6 rings (SSSR count). The third-order valence-corrected chi connectivity index (χ3v) is 8.28. The predicted octanol–water partition coefficient (Wildman–Crippen LogP) is 1.67. The van der Waals surface area contributed by atoms with E-state index in [0.717, 1.165) is 47.5 Å². The molecule has 1 saturated heterocycles. The van der Waals surface area contributed by atoms with E-state index in [2.05, 4.69) is 7.05 Å². The molecule has 5 nitrogen and oxygen atoms in total. The van der Waals surface area contributed by atoms with Crippen molar-refractivity contribution in [1.29, 1.82) is 0 Å². The number of hydrogen-bond acceptors (Lipinski definition) is 4. The standard InChI is InChI=1S/C21H25NO4/c1-22(11-12-2-3-12)9-8-20-17-13-4-5-14(23)18(17)26-19(20)15(24)6-7-21(20,25)16(22)10-13/h4-5,12,16,19,25H,2-3,6-11H2,1H3/p+1/t16?,19-,20?,21?,22?/m0/s1. The molecule has 138 valence electrons. The van der Waals surface area contributed by atoms with Crippen LogP contribution in [-0.4, -0.2) is 58.4 Å². The maximum atomic E-state index is 12.8. The van der Waals surface area contributed by atoms with Crippen LogP contribution in [0.4, 0.5) is 0 Å². The number of aliphatic hydroxyl groups is 1. The highest BCUT2D eigenvalue weighted by molar-refractivity contribution is 5.90. The minimum absolute atomic E-state index is 0.0789. The average Bonchev–Trinajstić information content (AvgIpc) is 3.32. The Labute approximate surface area is 153 Å². The zero-order valence-electron chi connectivity index (χ0n) is 15.2. The van der Waals surface area contributed by atoms with Crippen molar-refractivity contribution in [2.45, 2.75) is 61.7 Å². The molecule has 1 aromatic carbocycles. The molecule has 2 heterocycles. The summed E-state index contributed by atoms with van der Waals surface area (Å²) in [5, 5.41) is 22.5. The number of Topliss-reactive ketones (excluding diaryl/α,β-unsaturated/α-hetero) is 1. The number of ketones is 1. The number of carbonyl (C=O) groups is 1. The number of piperidine rings is 1. The molecule has 2 N–H and O–H groups in total. The zero-order valence-corrected chi connectivity index (χ0v) is 15.2. The van der Waals surface area contributed by atoms with E-state index in [9.17, 15) is 15.0 Å². The third kappa shape index (κ3) is 1.55. The Morgan fingerprint density at radius 2 is 2.12 bits per heavy atom. The topological polar surface area (TPSA) is 66.8 Å². The Hall–Kier alpha value is -1.59. The molecule has 5 atom stereocenters. The Morgan fingerprint density at radius 1 is 1.31 bits per heavy atom. The van der Waals surface area contributed by atoms with Gasteiger partial charge < -0.3 is 19.4 Å². The molecular weight excluding hydrogens is 330 g/mol. The van der Waals surface area contributed by atoms with Crippen molar-refractivity contribution in [3.05, 3.63) is 23.3 Å². The fourth-order valence-corrected chi connectivity index (χ4v) is 6.94. The minimum Gasteiger partial charge on any atom is -0.504 e. The quantitative estimate of drug-likeness (QED) is 0.791. The largest absolute Gasteiger partial charge is 0.504 e. The molecule has 2 saturated carbocycles. The molecule has 3 aliphatic carbocycles. The molecular formula is C21H26NO4+. The monoisotopic (exact) mass is 356 g/mol. The average molecular weight is 356 g/mol. The molecule has 5 aliphatic rings. The van der Waals surface area contributed by atoms with Crippen LogP contribution < -0.4 is 4.74 Å². The van der Waals surface area contributed by atoms with Gasteiger partial charge >= 0.3 is 0 Å². The van der Waals surface area contributed by atoms with Crippen LogP contribution in [-0.2, 0) is 16.6 Å². The maximum absolute atomic E-state index is 12.8. The van der Waals surface area contributed by atoms with Crippen molar-refractivity contribution in [2.75, 3.05) is 20.1 Å². The smallest absolute Gasteiger partial charge is 0.174 e. The van der Waals surface area contributed by atoms with Gasteiger partial charge in [0.1, 0.15) is 11.6 Å². The van der Waals surface area contributed by atoms with Crippen molar-refractivity contribution in [3.8, 4) is 11.5 Å². The fraction of sp³-hybridized carbons (Fsp3) is 0.667. The Balaban J connectivity index is 1.60. The minimum atomic E-state index is -0.931. The second kappa shape index (κ2) is 4.45. The third-order valence-electron chi connectivity index (χ3n) is 8.28. The lowest BCUT2D eigenvalue weighted by atomic mass is 9.48. The SMILES string of the molecule is C[N+]1(CC2CC2)CCC23c4c5ccc(O)c4O[C@H]2C(=O)CCC3(O)C1C5. The summed E-state index contributed by atoms with van der Waals surface area (Å²) in [7, 11) is 2.31. The number of ether oxygens (including phenoxy) is 1. The second-order valence-corrected chi connectivity index (χ2v) is 9.61.